The Hall–Kier alpha value is -1.44. The van der Waals surface area contributed by atoms with Crippen molar-refractivity contribution in [2.24, 2.45) is 0 Å². The lowest BCUT2D eigenvalue weighted by atomic mass is 9.75. The molecule has 4 heterocycles. The quantitative estimate of drug-likeness (QED) is 0.830. The molecule has 1 unspecified atom stereocenters. The third-order valence-electron chi connectivity index (χ3n) is 7.48. The van der Waals surface area contributed by atoms with Gasteiger partial charge >= 0.3 is 0 Å². The monoisotopic (exact) mass is 401 g/mol. The fourth-order valence-electron chi connectivity index (χ4n) is 5.65. The summed E-state index contributed by atoms with van der Waals surface area (Å²) >= 11 is 0. The van der Waals surface area contributed by atoms with Crippen LogP contribution in [-0.4, -0.2) is 80.6 Å². The lowest BCUT2D eigenvalue weighted by molar-refractivity contribution is 0.0168. The van der Waals surface area contributed by atoms with Crippen LogP contribution in [0.4, 0.5) is 11.8 Å². The lowest BCUT2D eigenvalue weighted by Gasteiger charge is -2.43. The maximum absolute atomic E-state index is 5.57. The average molecular weight is 402 g/mol. The van der Waals surface area contributed by atoms with Crippen LogP contribution in [0.1, 0.15) is 49.8 Å². The molecule has 7 nitrogen and oxygen atoms in total. The molecule has 3 fully saturated rings. The van der Waals surface area contributed by atoms with Gasteiger partial charge in [0.05, 0.1) is 18.3 Å². The number of nitrogens with zero attached hydrogens (tertiary/aromatic N) is 4. The van der Waals surface area contributed by atoms with Crippen molar-refractivity contribution in [1.82, 2.24) is 14.9 Å². The van der Waals surface area contributed by atoms with Crippen molar-refractivity contribution in [1.29, 1.82) is 0 Å². The second-order valence-corrected chi connectivity index (χ2v) is 9.46. The van der Waals surface area contributed by atoms with E-state index in [1.54, 1.807) is 0 Å². The molecule has 1 atom stereocenters. The molecule has 1 spiro atoms. The van der Waals surface area contributed by atoms with Crippen molar-refractivity contribution in [2.75, 3.05) is 63.8 Å². The van der Waals surface area contributed by atoms with Gasteiger partial charge in [-0.25, -0.2) is 4.98 Å². The largest absolute Gasteiger partial charge is 0.381 e. The Bertz CT molecular complexity index is 720. The minimum atomic E-state index is 0.229. The number of ether oxygens (including phenoxy) is 2. The van der Waals surface area contributed by atoms with Crippen LogP contribution in [-0.2, 0) is 21.3 Å². The van der Waals surface area contributed by atoms with E-state index in [9.17, 15) is 0 Å². The number of hydrogen-bond acceptors (Lipinski definition) is 7. The predicted molar refractivity (Wildman–Crippen MR) is 114 cm³/mol. The smallest absolute Gasteiger partial charge is 0.227 e. The van der Waals surface area contributed by atoms with Gasteiger partial charge in [0.15, 0.2) is 0 Å². The van der Waals surface area contributed by atoms with Gasteiger partial charge in [0, 0.05) is 50.9 Å². The normalized spacial score (nSPS) is 27.3. The van der Waals surface area contributed by atoms with Crippen LogP contribution in [0, 0.1) is 0 Å². The Morgan fingerprint density at radius 2 is 1.76 bits per heavy atom. The summed E-state index contributed by atoms with van der Waals surface area (Å²) in [5, 5.41) is 3.69. The van der Waals surface area contributed by atoms with Crippen molar-refractivity contribution in [3.8, 4) is 0 Å². The summed E-state index contributed by atoms with van der Waals surface area (Å²) in [6.45, 7) is 5.84. The number of nitrogens with one attached hydrogen (secondary N) is 1. The maximum Gasteiger partial charge on any atom is 0.227 e. The van der Waals surface area contributed by atoms with Gasteiger partial charge in [-0.15, -0.1) is 0 Å². The molecule has 1 aliphatic carbocycles. The van der Waals surface area contributed by atoms with E-state index >= 15 is 0 Å². The number of aromatic nitrogens is 2. The number of hydrogen-bond donors (Lipinski definition) is 1. The standard InChI is InChI=1S/C22H35N5O2/c1-26(2)21-24-19-18(20(25-21)23-16-4-12-29-15-16)3-7-22(19)8-10-27(11-9-22)17-5-13-28-14-6-17/h16-17H,3-15H2,1-2H3,(H,23,24,25). The van der Waals surface area contributed by atoms with Crippen LogP contribution in [0.5, 0.6) is 0 Å². The number of likely N-dealkylation sites (tertiary alicyclic amines) is 1. The number of anilines is 2. The zero-order chi connectivity index (χ0) is 19.8. The lowest BCUT2D eigenvalue weighted by Crippen LogP contribution is -2.48. The first-order valence-electron chi connectivity index (χ1n) is 11.4. The summed E-state index contributed by atoms with van der Waals surface area (Å²) in [4.78, 5) is 14.8. The summed E-state index contributed by atoms with van der Waals surface area (Å²) in [6.07, 6.45) is 8.17. The first kappa shape index (κ1) is 19.5. The molecule has 3 aliphatic heterocycles. The molecule has 3 saturated heterocycles. The molecule has 0 bridgehead atoms. The van der Waals surface area contributed by atoms with Crippen LogP contribution in [0.2, 0.25) is 0 Å². The number of fused-ring (bicyclic) bond motifs is 2. The Morgan fingerprint density at radius 3 is 2.45 bits per heavy atom. The summed E-state index contributed by atoms with van der Waals surface area (Å²) < 4.78 is 11.1. The summed E-state index contributed by atoms with van der Waals surface area (Å²) in [5.74, 6) is 1.89. The molecule has 160 valence electrons. The Kier molecular flexibility index (Phi) is 5.39. The molecular formula is C22H35N5O2. The summed E-state index contributed by atoms with van der Waals surface area (Å²) in [5.41, 5.74) is 2.92. The minimum Gasteiger partial charge on any atom is -0.381 e. The van der Waals surface area contributed by atoms with E-state index in [2.05, 4.69) is 10.2 Å². The number of piperidine rings is 1. The molecule has 1 aromatic rings. The Morgan fingerprint density at radius 1 is 1.00 bits per heavy atom. The van der Waals surface area contributed by atoms with Gasteiger partial charge in [-0.1, -0.05) is 0 Å². The number of rotatable bonds is 4. The van der Waals surface area contributed by atoms with Crippen molar-refractivity contribution in [3.05, 3.63) is 11.3 Å². The highest BCUT2D eigenvalue weighted by Crippen LogP contribution is 2.48. The fourth-order valence-corrected chi connectivity index (χ4v) is 5.65. The van der Waals surface area contributed by atoms with Gasteiger partial charge < -0.3 is 24.6 Å². The van der Waals surface area contributed by atoms with Gasteiger partial charge in [-0.3, -0.25) is 0 Å². The highest BCUT2D eigenvalue weighted by atomic mass is 16.5. The third kappa shape index (κ3) is 3.73. The molecule has 7 heteroatoms. The topological polar surface area (TPSA) is 62.8 Å². The fraction of sp³-hybridized carbons (Fsp3) is 0.818. The predicted octanol–water partition coefficient (Wildman–Crippen LogP) is 2.20. The molecule has 0 aromatic carbocycles. The third-order valence-corrected chi connectivity index (χ3v) is 7.48. The highest BCUT2D eigenvalue weighted by Gasteiger charge is 2.45. The molecule has 0 radical (unpaired) electrons. The SMILES string of the molecule is CN(C)c1nc(NC2CCOC2)c2c(n1)C1(CC2)CCN(C2CCOCC2)CC1. The van der Waals surface area contributed by atoms with Gasteiger partial charge in [0.1, 0.15) is 5.82 Å². The van der Waals surface area contributed by atoms with Crippen molar-refractivity contribution < 1.29 is 9.47 Å². The van der Waals surface area contributed by atoms with E-state index in [0.717, 1.165) is 51.0 Å². The van der Waals surface area contributed by atoms with E-state index in [1.165, 1.54) is 56.5 Å². The zero-order valence-electron chi connectivity index (χ0n) is 18.0. The Balaban J connectivity index is 1.38. The molecule has 1 aromatic heterocycles. The van der Waals surface area contributed by atoms with Crippen LogP contribution in [0.3, 0.4) is 0 Å². The van der Waals surface area contributed by atoms with E-state index in [0.29, 0.717) is 12.1 Å². The van der Waals surface area contributed by atoms with E-state index in [1.807, 2.05) is 19.0 Å². The molecular weight excluding hydrogens is 366 g/mol. The van der Waals surface area contributed by atoms with Crippen LogP contribution in [0.25, 0.3) is 0 Å². The molecule has 5 rings (SSSR count). The van der Waals surface area contributed by atoms with Crippen LogP contribution >= 0.6 is 0 Å². The molecule has 29 heavy (non-hydrogen) atoms. The molecule has 1 N–H and O–H groups in total. The van der Waals surface area contributed by atoms with Gasteiger partial charge in [-0.05, 0) is 58.0 Å². The second-order valence-electron chi connectivity index (χ2n) is 9.46. The average Bonchev–Trinajstić information content (AvgIpc) is 3.38. The molecule has 0 amide bonds. The molecule has 4 aliphatic rings. The maximum atomic E-state index is 5.57. The van der Waals surface area contributed by atoms with E-state index in [4.69, 9.17) is 19.4 Å². The van der Waals surface area contributed by atoms with Crippen LogP contribution < -0.4 is 10.2 Å². The van der Waals surface area contributed by atoms with Crippen molar-refractivity contribution in [2.45, 2.75) is 62.4 Å². The van der Waals surface area contributed by atoms with Gasteiger partial charge in [-0.2, -0.15) is 4.98 Å². The minimum absolute atomic E-state index is 0.229. The van der Waals surface area contributed by atoms with Crippen LogP contribution in [0.15, 0.2) is 0 Å². The van der Waals surface area contributed by atoms with E-state index in [-0.39, 0.29) is 5.41 Å². The summed E-state index contributed by atoms with van der Waals surface area (Å²) in [7, 11) is 4.08. The summed E-state index contributed by atoms with van der Waals surface area (Å²) in [6, 6.07) is 1.08. The highest BCUT2D eigenvalue weighted by molar-refractivity contribution is 5.56. The Labute approximate surface area is 174 Å². The zero-order valence-corrected chi connectivity index (χ0v) is 18.0. The van der Waals surface area contributed by atoms with Gasteiger partial charge in [0.25, 0.3) is 0 Å². The molecule has 0 saturated carbocycles. The van der Waals surface area contributed by atoms with Crippen molar-refractivity contribution in [3.63, 3.8) is 0 Å². The first-order chi connectivity index (χ1) is 14.1. The van der Waals surface area contributed by atoms with Gasteiger partial charge in [0.2, 0.25) is 5.95 Å². The van der Waals surface area contributed by atoms with E-state index < -0.39 is 0 Å². The van der Waals surface area contributed by atoms with Crippen molar-refractivity contribution >= 4 is 11.8 Å². The second kappa shape index (κ2) is 8.00. The first-order valence-corrected chi connectivity index (χ1v) is 11.4.